The first kappa shape index (κ1) is 18.9. The monoisotopic (exact) mass is 359 g/mol. The molecule has 1 atom stereocenters. The van der Waals surface area contributed by atoms with Gasteiger partial charge in [0.2, 0.25) is 5.91 Å². The fourth-order valence-corrected chi connectivity index (χ4v) is 3.92. The zero-order valence-electron chi connectivity index (χ0n) is 15.6. The molecule has 2 heterocycles. The fraction of sp³-hybridized carbons (Fsp3) is 0.600. The molecule has 0 aromatic heterocycles. The van der Waals surface area contributed by atoms with Crippen molar-refractivity contribution < 1.29 is 14.7 Å². The Balaban J connectivity index is 1.57. The zero-order valence-corrected chi connectivity index (χ0v) is 15.6. The van der Waals surface area contributed by atoms with Crippen LogP contribution in [0.15, 0.2) is 24.3 Å². The van der Waals surface area contributed by atoms with Crippen molar-refractivity contribution in [2.24, 2.45) is 0 Å². The number of carbonyl (C=O) groups is 2. The van der Waals surface area contributed by atoms with E-state index >= 15 is 0 Å². The summed E-state index contributed by atoms with van der Waals surface area (Å²) < 4.78 is 0. The first-order valence-electron chi connectivity index (χ1n) is 9.55. The maximum absolute atomic E-state index is 12.8. The molecule has 6 heteroatoms. The minimum Gasteiger partial charge on any atom is -0.478 e. The van der Waals surface area contributed by atoms with Crippen molar-refractivity contribution in [1.82, 2.24) is 14.7 Å². The van der Waals surface area contributed by atoms with Crippen molar-refractivity contribution in [2.75, 3.05) is 52.9 Å². The highest BCUT2D eigenvalue weighted by atomic mass is 16.4. The van der Waals surface area contributed by atoms with Crippen LogP contribution in [0.25, 0.3) is 0 Å². The minimum absolute atomic E-state index is 0.224. The Hall–Kier alpha value is -1.92. The van der Waals surface area contributed by atoms with E-state index in [1.54, 1.807) is 12.1 Å². The third-order valence-electron chi connectivity index (χ3n) is 5.57. The molecule has 2 aliphatic heterocycles. The van der Waals surface area contributed by atoms with Gasteiger partial charge in [-0.05, 0) is 57.1 Å². The van der Waals surface area contributed by atoms with E-state index < -0.39 is 5.97 Å². The van der Waals surface area contributed by atoms with Crippen LogP contribution in [-0.2, 0) is 4.79 Å². The van der Waals surface area contributed by atoms with Gasteiger partial charge in [-0.15, -0.1) is 0 Å². The molecule has 0 bridgehead atoms. The molecule has 1 amide bonds. The largest absolute Gasteiger partial charge is 0.478 e. The molecule has 0 radical (unpaired) electrons. The minimum atomic E-state index is -0.903. The summed E-state index contributed by atoms with van der Waals surface area (Å²) in [6.45, 7) is 6.14. The molecule has 2 fully saturated rings. The summed E-state index contributed by atoms with van der Waals surface area (Å²) in [6, 6.07) is 7.11. The number of hydrogen-bond acceptors (Lipinski definition) is 4. The topological polar surface area (TPSA) is 64.1 Å². The molecule has 142 valence electrons. The van der Waals surface area contributed by atoms with Crippen molar-refractivity contribution >= 4 is 11.9 Å². The Kier molecular flexibility index (Phi) is 6.27. The highest BCUT2D eigenvalue weighted by molar-refractivity contribution is 5.87. The second-order valence-electron chi connectivity index (χ2n) is 7.54. The lowest BCUT2D eigenvalue weighted by molar-refractivity contribution is -0.133. The number of carboxylic acids is 1. The van der Waals surface area contributed by atoms with Gasteiger partial charge in [0.25, 0.3) is 0 Å². The molecule has 26 heavy (non-hydrogen) atoms. The summed E-state index contributed by atoms with van der Waals surface area (Å²) in [5.74, 6) is -0.382. The number of carboxylic acid groups (broad SMARTS) is 1. The van der Waals surface area contributed by atoms with E-state index in [2.05, 4.69) is 16.8 Å². The standard InChI is InChI=1S/C20H29N3O3/c1-21-9-3-10-22(13-12-21)15-19(24)23-11-2-4-18(14-23)16-5-7-17(8-6-16)20(25)26/h5-8,18H,2-4,9-15H2,1H3,(H,25,26). The van der Waals surface area contributed by atoms with E-state index in [1.807, 2.05) is 17.0 Å². The molecule has 0 saturated carbocycles. The van der Waals surface area contributed by atoms with Crippen molar-refractivity contribution in [3.8, 4) is 0 Å². The number of nitrogens with zero attached hydrogens (tertiary/aromatic N) is 3. The first-order chi connectivity index (χ1) is 12.5. The third kappa shape index (κ3) is 4.83. The molecule has 2 saturated heterocycles. The van der Waals surface area contributed by atoms with Crippen LogP contribution in [0.1, 0.15) is 41.1 Å². The smallest absolute Gasteiger partial charge is 0.335 e. The number of likely N-dealkylation sites (tertiary alicyclic amines) is 1. The SMILES string of the molecule is CN1CCCN(CC(=O)N2CCCC(c3ccc(C(=O)O)cc3)C2)CC1. The lowest BCUT2D eigenvalue weighted by Gasteiger charge is -2.34. The molecule has 2 aliphatic rings. The Bertz CT molecular complexity index is 632. The van der Waals surface area contributed by atoms with E-state index in [4.69, 9.17) is 5.11 Å². The van der Waals surface area contributed by atoms with E-state index in [0.29, 0.717) is 18.0 Å². The lowest BCUT2D eigenvalue weighted by Crippen LogP contribution is -2.45. The normalized spacial score (nSPS) is 22.8. The average molecular weight is 359 g/mol. The van der Waals surface area contributed by atoms with Gasteiger partial charge in [-0.2, -0.15) is 0 Å². The van der Waals surface area contributed by atoms with Crippen LogP contribution in [0.4, 0.5) is 0 Å². The average Bonchev–Trinajstić information content (AvgIpc) is 2.86. The summed E-state index contributed by atoms with van der Waals surface area (Å²) in [5, 5.41) is 9.03. The maximum Gasteiger partial charge on any atom is 0.335 e. The van der Waals surface area contributed by atoms with Gasteiger partial charge >= 0.3 is 5.97 Å². The second kappa shape index (κ2) is 8.64. The van der Waals surface area contributed by atoms with Crippen molar-refractivity contribution in [1.29, 1.82) is 0 Å². The molecule has 3 rings (SSSR count). The predicted molar refractivity (Wildman–Crippen MR) is 101 cm³/mol. The van der Waals surface area contributed by atoms with Gasteiger partial charge in [-0.3, -0.25) is 9.69 Å². The Morgan fingerprint density at radius 2 is 1.81 bits per heavy atom. The zero-order chi connectivity index (χ0) is 18.5. The van der Waals surface area contributed by atoms with Crippen molar-refractivity contribution in [2.45, 2.75) is 25.2 Å². The number of rotatable bonds is 4. The Morgan fingerprint density at radius 1 is 1.04 bits per heavy atom. The number of carbonyl (C=O) groups excluding carboxylic acids is 1. The van der Waals surface area contributed by atoms with Gasteiger partial charge in [0, 0.05) is 32.1 Å². The second-order valence-corrected chi connectivity index (χ2v) is 7.54. The van der Waals surface area contributed by atoms with Crippen LogP contribution in [-0.4, -0.2) is 84.5 Å². The number of hydrogen-bond donors (Lipinski definition) is 1. The first-order valence-corrected chi connectivity index (χ1v) is 9.55. The maximum atomic E-state index is 12.8. The van der Waals surface area contributed by atoms with Crippen LogP contribution in [0.2, 0.25) is 0 Å². The number of piperidine rings is 1. The summed E-state index contributed by atoms with van der Waals surface area (Å²) in [6.07, 6.45) is 3.16. The van der Waals surface area contributed by atoms with Crippen LogP contribution in [0.5, 0.6) is 0 Å². The van der Waals surface area contributed by atoms with Gasteiger partial charge in [0.1, 0.15) is 0 Å². The van der Waals surface area contributed by atoms with Crippen LogP contribution in [0.3, 0.4) is 0 Å². The van der Waals surface area contributed by atoms with Crippen LogP contribution < -0.4 is 0 Å². The third-order valence-corrected chi connectivity index (χ3v) is 5.57. The number of aromatic carboxylic acids is 1. The summed E-state index contributed by atoms with van der Waals surface area (Å²) in [7, 11) is 2.14. The molecule has 0 aliphatic carbocycles. The van der Waals surface area contributed by atoms with Gasteiger partial charge < -0.3 is 14.9 Å². The molecule has 6 nitrogen and oxygen atoms in total. The highest BCUT2D eigenvalue weighted by Crippen LogP contribution is 2.27. The Labute approximate surface area is 155 Å². The molecule has 1 N–H and O–H groups in total. The predicted octanol–water partition coefficient (Wildman–Crippen LogP) is 1.73. The lowest BCUT2D eigenvalue weighted by atomic mass is 9.90. The number of benzene rings is 1. The molecular weight excluding hydrogens is 330 g/mol. The Morgan fingerprint density at radius 3 is 2.54 bits per heavy atom. The quantitative estimate of drug-likeness (QED) is 0.887. The van der Waals surface area contributed by atoms with E-state index in [0.717, 1.165) is 64.1 Å². The molecule has 1 aromatic rings. The fourth-order valence-electron chi connectivity index (χ4n) is 3.92. The van der Waals surface area contributed by atoms with Gasteiger partial charge in [-0.25, -0.2) is 4.79 Å². The summed E-state index contributed by atoms with van der Waals surface area (Å²) >= 11 is 0. The van der Waals surface area contributed by atoms with Gasteiger partial charge in [0.05, 0.1) is 12.1 Å². The van der Waals surface area contributed by atoms with Crippen LogP contribution >= 0.6 is 0 Å². The molecule has 1 aromatic carbocycles. The van der Waals surface area contributed by atoms with Crippen molar-refractivity contribution in [3.63, 3.8) is 0 Å². The highest BCUT2D eigenvalue weighted by Gasteiger charge is 2.26. The van der Waals surface area contributed by atoms with E-state index in [1.165, 1.54) is 0 Å². The molecular formula is C20H29N3O3. The van der Waals surface area contributed by atoms with Crippen LogP contribution in [0, 0.1) is 0 Å². The summed E-state index contributed by atoms with van der Waals surface area (Å²) in [4.78, 5) is 30.4. The number of likely N-dealkylation sites (N-methyl/N-ethyl adjacent to an activating group) is 1. The molecule has 1 unspecified atom stereocenters. The van der Waals surface area contributed by atoms with Crippen molar-refractivity contribution in [3.05, 3.63) is 35.4 Å². The van der Waals surface area contributed by atoms with Gasteiger partial charge in [0.15, 0.2) is 0 Å². The molecule has 0 spiro atoms. The van der Waals surface area contributed by atoms with E-state index in [-0.39, 0.29) is 5.91 Å². The van der Waals surface area contributed by atoms with Gasteiger partial charge in [-0.1, -0.05) is 12.1 Å². The number of amides is 1. The summed E-state index contributed by atoms with van der Waals surface area (Å²) in [5.41, 5.74) is 1.44. The van der Waals surface area contributed by atoms with E-state index in [9.17, 15) is 9.59 Å².